The normalized spacial score (nSPS) is 10.1. The minimum Gasteiger partial charge on any atom is -0.382 e. The van der Waals surface area contributed by atoms with E-state index < -0.39 is 0 Å². The maximum absolute atomic E-state index is 11.8. The molecule has 0 radical (unpaired) electrons. The van der Waals surface area contributed by atoms with E-state index in [2.05, 4.69) is 9.97 Å². The molecule has 98 valence electrons. The average Bonchev–Trinajstić information content (AvgIpc) is 2.38. The maximum Gasteiger partial charge on any atom is 0.232 e. The van der Waals surface area contributed by atoms with Gasteiger partial charge in [-0.1, -0.05) is 11.8 Å². The summed E-state index contributed by atoms with van der Waals surface area (Å²) in [5.41, 5.74) is 5.62. The fraction of sp³-hybridized carbons (Fsp3) is 0.455. The van der Waals surface area contributed by atoms with Crippen molar-refractivity contribution in [3.8, 4) is 0 Å². The molecule has 18 heavy (non-hydrogen) atoms. The largest absolute Gasteiger partial charge is 0.382 e. The molecule has 1 rings (SSSR count). The first kappa shape index (κ1) is 14.4. The van der Waals surface area contributed by atoms with Crippen LogP contribution < -0.4 is 5.73 Å². The van der Waals surface area contributed by atoms with Gasteiger partial charge in [-0.2, -0.15) is 0 Å². The molecule has 0 fully saturated rings. The Hall–Kier alpha value is -1.63. The van der Waals surface area contributed by atoms with Crippen LogP contribution in [0.25, 0.3) is 0 Å². The summed E-state index contributed by atoms with van der Waals surface area (Å²) in [7, 11) is 0. The number of aromatic nitrogens is 2. The second-order valence-electron chi connectivity index (χ2n) is 3.51. The molecule has 3 N–H and O–H groups in total. The van der Waals surface area contributed by atoms with Gasteiger partial charge in [0.05, 0.1) is 18.1 Å². The van der Waals surface area contributed by atoms with Gasteiger partial charge in [-0.3, -0.25) is 10.2 Å². The number of nitrogens with two attached hydrogens (primary N) is 1. The van der Waals surface area contributed by atoms with Gasteiger partial charge in [-0.15, -0.1) is 0 Å². The Bertz CT molecular complexity index is 416. The average molecular weight is 267 g/mol. The summed E-state index contributed by atoms with van der Waals surface area (Å²) in [6.45, 7) is 5.33. The Morgan fingerprint density at radius 2 is 2.06 bits per heavy atom. The van der Waals surface area contributed by atoms with Gasteiger partial charge in [0, 0.05) is 13.1 Å². The van der Waals surface area contributed by atoms with Crippen LogP contribution in [-0.2, 0) is 4.79 Å². The molecule has 0 aliphatic carbocycles. The predicted octanol–water partition coefficient (Wildman–Crippen LogP) is 0.721. The lowest BCUT2D eigenvalue weighted by Crippen LogP contribution is -2.31. The van der Waals surface area contributed by atoms with Crippen LogP contribution in [0.15, 0.2) is 17.4 Å². The molecule has 1 heterocycles. The van der Waals surface area contributed by atoms with E-state index in [9.17, 15) is 4.79 Å². The quantitative estimate of drug-likeness (QED) is 0.450. The highest BCUT2D eigenvalue weighted by molar-refractivity contribution is 7.99. The third-order valence-corrected chi connectivity index (χ3v) is 3.26. The summed E-state index contributed by atoms with van der Waals surface area (Å²) in [5.74, 6) is 0.316. The number of nitrogens with zero attached hydrogens (tertiary/aromatic N) is 3. The highest BCUT2D eigenvalue weighted by atomic mass is 32.2. The number of hydrogen-bond donors (Lipinski definition) is 2. The number of carbonyl (C=O) groups excluding carboxylic acids is 1. The highest BCUT2D eigenvalue weighted by Crippen LogP contribution is 2.14. The van der Waals surface area contributed by atoms with E-state index >= 15 is 0 Å². The number of carbonyl (C=O) groups is 1. The first-order valence-corrected chi connectivity index (χ1v) is 6.64. The van der Waals surface area contributed by atoms with E-state index in [4.69, 9.17) is 11.1 Å². The third kappa shape index (κ3) is 3.99. The molecular weight excluding hydrogens is 250 g/mol. The number of rotatable bonds is 6. The van der Waals surface area contributed by atoms with Crippen LogP contribution in [-0.4, -0.2) is 45.5 Å². The Labute approximate surface area is 110 Å². The van der Waals surface area contributed by atoms with Crippen molar-refractivity contribution < 1.29 is 4.79 Å². The molecule has 7 heteroatoms. The van der Waals surface area contributed by atoms with E-state index in [0.717, 1.165) is 0 Å². The van der Waals surface area contributed by atoms with Crippen LogP contribution >= 0.6 is 11.8 Å². The highest BCUT2D eigenvalue weighted by Gasteiger charge is 2.10. The molecule has 0 aliphatic rings. The number of amides is 1. The Morgan fingerprint density at radius 3 is 2.50 bits per heavy atom. The second-order valence-corrected chi connectivity index (χ2v) is 4.50. The molecule has 0 bridgehead atoms. The van der Waals surface area contributed by atoms with Gasteiger partial charge in [-0.25, -0.2) is 9.97 Å². The zero-order valence-electron chi connectivity index (χ0n) is 10.5. The molecule has 1 amide bonds. The molecule has 6 nitrogen and oxygen atoms in total. The molecule has 0 unspecified atom stereocenters. The van der Waals surface area contributed by atoms with E-state index in [1.165, 1.54) is 24.2 Å². The number of hydrogen-bond acceptors (Lipinski definition) is 5. The van der Waals surface area contributed by atoms with E-state index in [0.29, 0.717) is 29.6 Å². The van der Waals surface area contributed by atoms with Crippen molar-refractivity contribution in [3.63, 3.8) is 0 Å². The molecule has 0 atom stereocenters. The monoisotopic (exact) mass is 267 g/mol. The topological polar surface area (TPSA) is 96.0 Å². The zero-order valence-corrected chi connectivity index (χ0v) is 11.3. The summed E-state index contributed by atoms with van der Waals surface area (Å²) in [4.78, 5) is 21.6. The van der Waals surface area contributed by atoms with Crippen molar-refractivity contribution in [1.29, 1.82) is 5.41 Å². The van der Waals surface area contributed by atoms with Crippen LogP contribution in [0.5, 0.6) is 0 Å². The molecule has 0 aliphatic heterocycles. The lowest BCUT2D eigenvalue weighted by atomic mass is 10.4. The van der Waals surface area contributed by atoms with Crippen LogP contribution in [0, 0.1) is 5.41 Å². The van der Waals surface area contributed by atoms with E-state index in [-0.39, 0.29) is 11.7 Å². The predicted molar refractivity (Wildman–Crippen MR) is 71.7 cm³/mol. The lowest BCUT2D eigenvalue weighted by molar-refractivity contribution is -0.127. The first-order chi connectivity index (χ1) is 8.58. The third-order valence-electron chi connectivity index (χ3n) is 2.36. The standard InChI is InChI=1S/C11H17N5OS/c1-3-16(4-2)10(17)7-18-9-6-14-8(5-15-9)11(12)13/h5-6H,3-4,7H2,1-2H3,(H3,12,13). The van der Waals surface area contributed by atoms with E-state index in [1.54, 1.807) is 4.90 Å². The second kappa shape index (κ2) is 6.95. The molecular formula is C11H17N5OS. The number of amidine groups is 1. The summed E-state index contributed by atoms with van der Waals surface area (Å²) >= 11 is 1.33. The number of nitrogen functional groups attached to an aromatic ring is 1. The molecule has 0 aromatic carbocycles. The van der Waals surface area contributed by atoms with Gasteiger partial charge >= 0.3 is 0 Å². The summed E-state index contributed by atoms with van der Waals surface area (Å²) in [5, 5.41) is 7.84. The van der Waals surface area contributed by atoms with Gasteiger partial charge in [0.1, 0.15) is 16.6 Å². The number of nitrogens with one attached hydrogen (secondary N) is 1. The van der Waals surface area contributed by atoms with Crippen LogP contribution in [0.1, 0.15) is 19.5 Å². The molecule has 0 spiro atoms. The Balaban J connectivity index is 2.53. The van der Waals surface area contributed by atoms with Crippen molar-refractivity contribution in [2.75, 3.05) is 18.8 Å². The van der Waals surface area contributed by atoms with Gasteiger partial charge in [-0.05, 0) is 13.8 Å². The number of thioether (sulfide) groups is 1. The summed E-state index contributed by atoms with van der Waals surface area (Å²) in [6.07, 6.45) is 2.96. The lowest BCUT2D eigenvalue weighted by Gasteiger charge is -2.17. The molecule has 1 aromatic rings. The zero-order chi connectivity index (χ0) is 13.5. The molecule has 1 aromatic heterocycles. The molecule has 0 saturated carbocycles. The minimum atomic E-state index is -0.113. The van der Waals surface area contributed by atoms with Gasteiger partial charge in [0.15, 0.2) is 0 Å². The fourth-order valence-electron chi connectivity index (χ4n) is 1.33. The van der Waals surface area contributed by atoms with Crippen molar-refractivity contribution in [1.82, 2.24) is 14.9 Å². The van der Waals surface area contributed by atoms with Crippen LogP contribution in [0.3, 0.4) is 0 Å². The Morgan fingerprint density at radius 1 is 1.39 bits per heavy atom. The minimum absolute atomic E-state index is 0.0856. The van der Waals surface area contributed by atoms with Crippen molar-refractivity contribution in [2.45, 2.75) is 18.9 Å². The van der Waals surface area contributed by atoms with Crippen molar-refractivity contribution >= 4 is 23.5 Å². The fourth-order valence-corrected chi connectivity index (χ4v) is 2.04. The smallest absolute Gasteiger partial charge is 0.232 e. The summed E-state index contributed by atoms with van der Waals surface area (Å²) < 4.78 is 0. The summed E-state index contributed by atoms with van der Waals surface area (Å²) in [6, 6.07) is 0. The Kier molecular flexibility index (Phi) is 5.57. The first-order valence-electron chi connectivity index (χ1n) is 5.65. The molecule has 0 saturated heterocycles. The van der Waals surface area contributed by atoms with Crippen LogP contribution in [0.2, 0.25) is 0 Å². The van der Waals surface area contributed by atoms with Crippen molar-refractivity contribution in [2.24, 2.45) is 5.73 Å². The van der Waals surface area contributed by atoms with Crippen LogP contribution in [0.4, 0.5) is 0 Å². The van der Waals surface area contributed by atoms with Gasteiger partial charge in [0.2, 0.25) is 5.91 Å². The van der Waals surface area contributed by atoms with E-state index in [1.807, 2.05) is 13.8 Å². The maximum atomic E-state index is 11.8. The SMILES string of the molecule is CCN(CC)C(=O)CSc1cnc(C(=N)N)cn1. The van der Waals surface area contributed by atoms with Gasteiger partial charge in [0.25, 0.3) is 0 Å². The van der Waals surface area contributed by atoms with Crippen molar-refractivity contribution in [3.05, 3.63) is 18.1 Å². The van der Waals surface area contributed by atoms with Gasteiger partial charge < -0.3 is 10.6 Å².